The lowest BCUT2D eigenvalue weighted by Crippen LogP contribution is -2.00. The van der Waals surface area contributed by atoms with Crippen LogP contribution in [0.3, 0.4) is 0 Å². The normalized spacial score (nSPS) is 11.0. The van der Waals surface area contributed by atoms with Gasteiger partial charge in [-0.3, -0.25) is 4.79 Å². The third kappa shape index (κ3) is 3.75. The molecule has 130 valence electrons. The van der Waals surface area contributed by atoms with Crippen LogP contribution in [0.1, 0.15) is 16.2 Å². The van der Waals surface area contributed by atoms with Gasteiger partial charge in [0, 0.05) is 11.1 Å². The number of allylic oxidation sites excluding steroid dienone is 1. The van der Waals surface area contributed by atoms with E-state index in [-0.39, 0.29) is 5.78 Å². The van der Waals surface area contributed by atoms with Crippen LogP contribution in [-0.2, 0) is 0 Å². The fourth-order valence-electron chi connectivity index (χ4n) is 2.75. The monoisotopic (exact) mass is 351 g/mol. The molecule has 1 aromatic heterocycles. The maximum Gasteiger partial charge on any atom is 0.185 e. The Balaban J connectivity index is 1.73. The molecule has 0 atom stereocenters. The fraction of sp³-hybridized carbons (Fsp3) is 0. The van der Waals surface area contributed by atoms with Crippen LogP contribution in [0.4, 0.5) is 0 Å². The van der Waals surface area contributed by atoms with Gasteiger partial charge in [-0.1, -0.05) is 78.9 Å². The van der Waals surface area contributed by atoms with E-state index in [9.17, 15) is 4.79 Å². The third-order valence-electron chi connectivity index (χ3n) is 4.11. The van der Waals surface area contributed by atoms with Crippen molar-refractivity contribution in [2.45, 2.75) is 0 Å². The minimum Gasteiger partial charge on any atom is -0.289 e. The van der Waals surface area contributed by atoms with E-state index in [0.717, 1.165) is 11.3 Å². The first-order valence-corrected chi connectivity index (χ1v) is 8.66. The molecule has 1 heterocycles. The first-order valence-electron chi connectivity index (χ1n) is 8.66. The SMILES string of the molecule is O=C(C=Cc1nc(-c2ccccc2)nn1-c1ccccc1)c1ccccc1. The summed E-state index contributed by atoms with van der Waals surface area (Å²) in [5.74, 6) is 1.15. The van der Waals surface area contributed by atoms with E-state index in [1.165, 1.54) is 6.08 Å². The predicted molar refractivity (Wildman–Crippen MR) is 107 cm³/mol. The molecule has 27 heavy (non-hydrogen) atoms. The zero-order valence-electron chi connectivity index (χ0n) is 14.6. The van der Waals surface area contributed by atoms with Crippen LogP contribution in [0.5, 0.6) is 0 Å². The fourth-order valence-corrected chi connectivity index (χ4v) is 2.75. The van der Waals surface area contributed by atoms with E-state index in [0.29, 0.717) is 17.2 Å². The number of carbonyl (C=O) groups excluding carboxylic acids is 1. The summed E-state index contributed by atoms with van der Waals surface area (Å²) < 4.78 is 1.75. The highest BCUT2D eigenvalue weighted by Gasteiger charge is 2.11. The lowest BCUT2D eigenvalue weighted by Gasteiger charge is -2.02. The van der Waals surface area contributed by atoms with Crippen molar-refractivity contribution >= 4 is 11.9 Å². The van der Waals surface area contributed by atoms with Crippen LogP contribution in [0.2, 0.25) is 0 Å². The van der Waals surface area contributed by atoms with Gasteiger partial charge in [0.15, 0.2) is 17.4 Å². The van der Waals surface area contributed by atoms with Crippen LogP contribution in [0, 0.1) is 0 Å². The standard InChI is InChI=1S/C23H17N3O/c27-21(18-10-4-1-5-11-18)16-17-22-24-23(19-12-6-2-7-13-19)25-26(22)20-14-8-3-9-15-20/h1-17H. The molecule has 4 rings (SSSR count). The van der Waals surface area contributed by atoms with Gasteiger partial charge in [0.05, 0.1) is 5.69 Å². The molecule has 0 aliphatic rings. The molecule has 0 unspecified atom stereocenters. The highest BCUT2D eigenvalue weighted by atomic mass is 16.1. The minimum absolute atomic E-state index is 0.0699. The first kappa shape index (κ1) is 16.7. The Hall–Kier alpha value is -3.79. The Morgan fingerprint density at radius 2 is 1.37 bits per heavy atom. The Kier molecular flexibility index (Phi) is 4.70. The lowest BCUT2D eigenvalue weighted by atomic mass is 10.1. The van der Waals surface area contributed by atoms with Gasteiger partial charge in [-0.2, -0.15) is 0 Å². The summed E-state index contributed by atoms with van der Waals surface area (Å²) in [6.45, 7) is 0. The van der Waals surface area contributed by atoms with Crippen molar-refractivity contribution in [3.63, 3.8) is 0 Å². The molecule has 0 fully saturated rings. The second-order valence-electron chi connectivity index (χ2n) is 5.97. The van der Waals surface area contributed by atoms with Crippen LogP contribution in [0.25, 0.3) is 23.2 Å². The summed E-state index contributed by atoms with van der Waals surface area (Å²) in [5, 5.41) is 4.64. The number of ketones is 1. The van der Waals surface area contributed by atoms with Gasteiger partial charge in [0.1, 0.15) is 0 Å². The average Bonchev–Trinajstić information content (AvgIpc) is 3.18. The van der Waals surface area contributed by atoms with E-state index < -0.39 is 0 Å². The number of nitrogens with zero attached hydrogens (tertiary/aromatic N) is 3. The Morgan fingerprint density at radius 1 is 0.778 bits per heavy atom. The second-order valence-corrected chi connectivity index (χ2v) is 5.97. The highest BCUT2D eigenvalue weighted by Crippen LogP contribution is 2.19. The zero-order chi connectivity index (χ0) is 18.5. The van der Waals surface area contributed by atoms with Crippen molar-refractivity contribution in [3.05, 3.63) is 108 Å². The molecule has 0 saturated carbocycles. The number of hydrogen-bond acceptors (Lipinski definition) is 3. The average molecular weight is 351 g/mol. The van der Waals surface area contributed by atoms with E-state index in [2.05, 4.69) is 10.1 Å². The molecule has 0 aliphatic carbocycles. The quantitative estimate of drug-likeness (QED) is 0.382. The molecule has 4 nitrogen and oxygen atoms in total. The summed E-state index contributed by atoms with van der Waals surface area (Å²) in [6.07, 6.45) is 3.25. The van der Waals surface area contributed by atoms with E-state index in [1.807, 2.05) is 78.9 Å². The molecular formula is C23H17N3O. The first-order chi connectivity index (χ1) is 13.3. The zero-order valence-corrected chi connectivity index (χ0v) is 14.6. The Labute approximate surface area is 157 Å². The van der Waals surface area contributed by atoms with Gasteiger partial charge in [0.2, 0.25) is 0 Å². The van der Waals surface area contributed by atoms with Crippen LogP contribution >= 0.6 is 0 Å². The van der Waals surface area contributed by atoms with Crippen molar-refractivity contribution in [2.24, 2.45) is 0 Å². The highest BCUT2D eigenvalue weighted by molar-refractivity contribution is 6.06. The molecule has 4 heteroatoms. The van der Waals surface area contributed by atoms with E-state index >= 15 is 0 Å². The van der Waals surface area contributed by atoms with Crippen LogP contribution in [-0.4, -0.2) is 20.5 Å². The summed E-state index contributed by atoms with van der Waals surface area (Å²) in [4.78, 5) is 17.0. The molecule has 3 aromatic carbocycles. The van der Waals surface area contributed by atoms with E-state index in [4.69, 9.17) is 0 Å². The molecule has 0 bridgehead atoms. The second kappa shape index (κ2) is 7.62. The van der Waals surface area contributed by atoms with Gasteiger partial charge in [0.25, 0.3) is 0 Å². The number of aromatic nitrogens is 3. The molecule has 0 N–H and O–H groups in total. The van der Waals surface area contributed by atoms with Crippen molar-refractivity contribution in [2.75, 3.05) is 0 Å². The molecule has 4 aromatic rings. The van der Waals surface area contributed by atoms with Crippen LogP contribution in [0.15, 0.2) is 97.1 Å². The number of para-hydroxylation sites is 1. The summed E-state index contributed by atoms with van der Waals surface area (Å²) >= 11 is 0. The Morgan fingerprint density at radius 3 is 2.04 bits per heavy atom. The topological polar surface area (TPSA) is 47.8 Å². The van der Waals surface area contributed by atoms with Crippen LogP contribution < -0.4 is 0 Å². The minimum atomic E-state index is -0.0699. The number of hydrogen-bond donors (Lipinski definition) is 0. The smallest absolute Gasteiger partial charge is 0.185 e. The maximum atomic E-state index is 12.4. The molecule has 0 radical (unpaired) electrons. The number of rotatable bonds is 5. The molecular weight excluding hydrogens is 334 g/mol. The van der Waals surface area contributed by atoms with E-state index in [1.54, 1.807) is 22.9 Å². The summed E-state index contributed by atoms with van der Waals surface area (Å²) in [7, 11) is 0. The van der Waals surface area contributed by atoms with Gasteiger partial charge in [-0.05, 0) is 24.3 Å². The number of benzene rings is 3. The Bertz CT molecular complexity index is 1070. The van der Waals surface area contributed by atoms with Crippen molar-refractivity contribution in [1.82, 2.24) is 14.8 Å². The van der Waals surface area contributed by atoms with Gasteiger partial charge >= 0.3 is 0 Å². The summed E-state index contributed by atoms with van der Waals surface area (Å²) in [6, 6.07) is 28.7. The molecule has 0 spiro atoms. The van der Waals surface area contributed by atoms with Gasteiger partial charge in [-0.15, -0.1) is 5.10 Å². The van der Waals surface area contributed by atoms with Crippen molar-refractivity contribution < 1.29 is 4.79 Å². The molecule has 0 aliphatic heterocycles. The molecule has 0 saturated heterocycles. The van der Waals surface area contributed by atoms with Gasteiger partial charge in [-0.25, -0.2) is 9.67 Å². The molecule has 0 amide bonds. The van der Waals surface area contributed by atoms with Crippen molar-refractivity contribution in [1.29, 1.82) is 0 Å². The number of carbonyl (C=O) groups is 1. The maximum absolute atomic E-state index is 12.4. The van der Waals surface area contributed by atoms with Crippen molar-refractivity contribution in [3.8, 4) is 17.1 Å². The summed E-state index contributed by atoms with van der Waals surface area (Å²) in [5.41, 5.74) is 2.46. The largest absolute Gasteiger partial charge is 0.289 e. The third-order valence-corrected chi connectivity index (χ3v) is 4.11. The van der Waals surface area contributed by atoms with Gasteiger partial charge < -0.3 is 0 Å². The predicted octanol–water partition coefficient (Wildman–Crippen LogP) is 4.83. The lowest BCUT2D eigenvalue weighted by molar-refractivity contribution is 0.104.